The summed E-state index contributed by atoms with van der Waals surface area (Å²) in [5.74, 6) is 0. The summed E-state index contributed by atoms with van der Waals surface area (Å²) < 4.78 is 0. The van der Waals surface area contributed by atoms with Crippen LogP contribution in [0, 0.1) is 0 Å². The van der Waals surface area contributed by atoms with Gasteiger partial charge in [-0.25, -0.2) is 4.79 Å². The molecule has 0 saturated carbocycles. The standard InChI is InChI=1S/C23H32N2O/c1-3-5-7-9-19-11-15-21(16-12-19)24-23(26)25-22-17-13-20(14-18-22)10-8-6-4-2/h11-18H,3-10H2,1-2H3,(H2,24,25,26). The van der Waals surface area contributed by atoms with E-state index in [4.69, 9.17) is 0 Å². The third-order valence-corrected chi connectivity index (χ3v) is 4.56. The fraction of sp³-hybridized carbons (Fsp3) is 0.435. The molecule has 2 rings (SSSR count). The summed E-state index contributed by atoms with van der Waals surface area (Å²) in [6, 6.07) is 16.0. The lowest BCUT2D eigenvalue weighted by molar-refractivity contribution is 0.262. The van der Waals surface area contributed by atoms with Gasteiger partial charge >= 0.3 is 6.03 Å². The van der Waals surface area contributed by atoms with Crippen LogP contribution in [0.25, 0.3) is 0 Å². The summed E-state index contributed by atoms with van der Waals surface area (Å²) >= 11 is 0. The number of carbonyl (C=O) groups is 1. The minimum absolute atomic E-state index is 0.206. The third-order valence-electron chi connectivity index (χ3n) is 4.56. The maximum absolute atomic E-state index is 12.2. The molecule has 2 aromatic rings. The van der Waals surface area contributed by atoms with E-state index < -0.39 is 0 Å². The molecule has 0 radical (unpaired) electrons. The van der Waals surface area contributed by atoms with Gasteiger partial charge in [0, 0.05) is 11.4 Å². The molecular weight excluding hydrogens is 320 g/mol. The number of amides is 2. The molecule has 0 saturated heterocycles. The maximum atomic E-state index is 12.2. The number of hydrogen-bond acceptors (Lipinski definition) is 1. The van der Waals surface area contributed by atoms with E-state index in [1.165, 1.54) is 49.7 Å². The SMILES string of the molecule is CCCCCc1ccc(NC(=O)Nc2ccc(CCCCC)cc2)cc1. The van der Waals surface area contributed by atoms with Crippen LogP contribution in [-0.2, 0) is 12.8 Å². The summed E-state index contributed by atoms with van der Waals surface area (Å²) in [4.78, 5) is 12.2. The lowest BCUT2D eigenvalue weighted by Crippen LogP contribution is -2.19. The molecule has 0 spiro atoms. The molecule has 0 heterocycles. The predicted octanol–water partition coefficient (Wildman–Crippen LogP) is 6.80. The van der Waals surface area contributed by atoms with Crippen molar-refractivity contribution in [3.05, 3.63) is 59.7 Å². The first-order valence-electron chi connectivity index (χ1n) is 9.97. The third kappa shape index (κ3) is 7.30. The second-order valence-corrected chi connectivity index (χ2v) is 6.89. The van der Waals surface area contributed by atoms with Crippen LogP contribution < -0.4 is 10.6 Å². The molecule has 0 fully saturated rings. The van der Waals surface area contributed by atoms with E-state index in [1.54, 1.807) is 0 Å². The Morgan fingerprint density at radius 1 is 0.654 bits per heavy atom. The van der Waals surface area contributed by atoms with Crippen molar-refractivity contribution < 1.29 is 4.79 Å². The average molecular weight is 353 g/mol. The normalized spacial score (nSPS) is 10.5. The zero-order chi connectivity index (χ0) is 18.6. The van der Waals surface area contributed by atoms with Gasteiger partial charge in [-0.1, -0.05) is 63.8 Å². The zero-order valence-electron chi connectivity index (χ0n) is 16.2. The van der Waals surface area contributed by atoms with E-state index in [0.717, 1.165) is 24.2 Å². The summed E-state index contributed by atoms with van der Waals surface area (Å²) in [7, 11) is 0. The molecule has 0 unspecified atom stereocenters. The number of unbranched alkanes of at least 4 members (excludes halogenated alkanes) is 4. The smallest absolute Gasteiger partial charge is 0.308 e. The van der Waals surface area contributed by atoms with Crippen LogP contribution in [0.1, 0.15) is 63.5 Å². The second kappa shape index (κ2) is 11.3. The van der Waals surface area contributed by atoms with Gasteiger partial charge < -0.3 is 10.6 Å². The highest BCUT2D eigenvalue weighted by atomic mass is 16.2. The van der Waals surface area contributed by atoms with Crippen molar-refractivity contribution in [2.45, 2.75) is 65.2 Å². The van der Waals surface area contributed by atoms with Crippen molar-refractivity contribution in [1.82, 2.24) is 0 Å². The Kier molecular flexibility index (Phi) is 8.74. The molecular formula is C23H32N2O. The van der Waals surface area contributed by atoms with Crippen molar-refractivity contribution in [2.24, 2.45) is 0 Å². The minimum Gasteiger partial charge on any atom is -0.308 e. The lowest BCUT2D eigenvalue weighted by Gasteiger charge is -2.09. The Labute approximate surface area is 158 Å². The number of carbonyl (C=O) groups excluding carboxylic acids is 1. The molecule has 0 aliphatic carbocycles. The lowest BCUT2D eigenvalue weighted by atomic mass is 10.1. The number of nitrogens with one attached hydrogen (secondary N) is 2. The van der Waals surface area contributed by atoms with Crippen LogP contribution in [0.2, 0.25) is 0 Å². The topological polar surface area (TPSA) is 41.1 Å². The van der Waals surface area contributed by atoms with Crippen molar-refractivity contribution in [3.63, 3.8) is 0 Å². The monoisotopic (exact) mass is 352 g/mol. The molecule has 0 bridgehead atoms. The molecule has 3 nitrogen and oxygen atoms in total. The molecule has 2 N–H and O–H groups in total. The van der Waals surface area contributed by atoms with Crippen molar-refractivity contribution in [1.29, 1.82) is 0 Å². The molecule has 2 aromatic carbocycles. The predicted molar refractivity (Wildman–Crippen MR) is 112 cm³/mol. The number of rotatable bonds is 10. The van der Waals surface area contributed by atoms with Gasteiger partial charge in [-0.2, -0.15) is 0 Å². The molecule has 0 aromatic heterocycles. The quantitative estimate of drug-likeness (QED) is 0.454. The summed E-state index contributed by atoms with van der Waals surface area (Å²) in [5.41, 5.74) is 4.28. The van der Waals surface area contributed by atoms with Gasteiger partial charge in [0.2, 0.25) is 0 Å². The van der Waals surface area contributed by atoms with Crippen LogP contribution in [0.4, 0.5) is 16.2 Å². The molecule has 2 amide bonds. The average Bonchev–Trinajstić information content (AvgIpc) is 2.65. The van der Waals surface area contributed by atoms with E-state index in [1.807, 2.05) is 24.3 Å². The Morgan fingerprint density at radius 2 is 1.04 bits per heavy atom. The minimum atomic E-state index is -0.206. The molecule has 0 atom stereocenters. The Bertz CT molecular complexity index is 589. The molecule has 26 heavy (non-hydrogen) atoms. The number of urea groups is 1. The fourth-order valence-electron chi connectivity index (χ4n) is 2.96. The van der Waals surface area contributed by atoms with Gasteiger partial charge in [0.25, 0.3) is 0 Å². The fourth-order valence-corrected chi connectivity index (χ4v) is 2.96. The van der Waals surface area contributed by atoms with E-state index in [0.29, 0.717) is 0 Å². The highest BCUT2D eigenvalue weighted by Crippen LogP contribution is 2.15. The summed E-state index contributed by atoms with van der Waals surface area (Å²) in [6.07, 6.45) is 9.64. The van der Waals surface area contributed by atoms with Gasteiger partial charge in [-0.15, -0.1) is 0 Å². The van der Waals surface area contributed by atoms with E-state index >= 15 is 0 Å². The highest BCUT2D eigenvalue weighted by Gasteiger charge is 2.03. The van der Waals surface area contributed by atoms with Gasteiger partial charge in [0.05, 0.1) is 0 Å². The van der Waals surface area contributed by atoms with Crippen molar-refractivity contribution in [3.8, 4) is 0 Å². The summed E-state index contributed by atoms with van der Waals surface area (Å²) in [6.45, 7) is 4.43. The highest BCUT2D eigenvalue weighted by molar-refractivity contribution is 5.99. The maximum Gasteiger partial charge on any atom is 0.323 e. The van der Waals surface area contributed by atoms with E-state index in [-0.39, 0.29) is 6.03 Å². The molecule has 0 aliphatic heterocycles. The largest absolute Gasteiger partial charge is 0.323 e. The zero-order valence-corrected chi connectivity index (χ0v) is 16.2. The number of aryl methyl sites for hydroxylation is 2. The Morgan fingerprint density at radius 3 is 1.38 bits per heavy atom. The Hall–Kier alpha value is -2.29. The number of anilines is 2. The summed E-state index contributed by atoms with van der Waals surface area (Å²) in [5, 5.41) is 5.78. The van der Waals surface area contributed by atoms with E-state index in [2.05, 4.69) is 48.7 Å². The first kappa shape index (κ1) is 20.0. The van der Waals surface area contributed by atoms with Gasteiger partial charge in [0.15, 0.2) is 0 Å². The molecule has 0 aliphatic rings. The van der Waals surface area contributed by atoms with E-state index in [9.17, 15) is 4.79 Å². The molecule has 3 heteroatoms. The van der Waals surface area contributed by atoms with Crippen LogP contribution in [0.3, 0.4) is 0 Å². The number of benzene rings is 2. The van der Waals surface area contributed by atoms with Crippen molar-refractivity contribution in [2.75, 3.05) is 10.6 Å². The van der Waals surface area contributed by atoms with Crippen LogP contribution in [0.15, 0.2) is 48.5 Å². The second-order valence-electron chi connectivity index (χ2n) is 6.89. The molecule has 140 valence electrons. The first-order chi connectivity index (χ1) is 12.7. The van der Waals surface area contributed by atoms with Crippen molar-refractivity contribution >= 4 is 17.4 Å². The van der Waals surface area contributed by atoms with Gasteiger partial charge in [-0.05, 0) is 61.1 Å². The Balaban J connectivity index is 1.78. The van der Waals surface area contributed by atoms with Crippen LogP contribution >= 0.6 is 0 Å². The van der Waals surface area contributed by atoms with Crippen LogP contribution in [0.5, 0.6) is 0 Å². The van der Waals surface area contributed by atoms with Gasteiger partial charge in [-0.3, -0.25) is 0 Å². The number of hydrogen-bond donors (Lipinski definition) is 2. The first-order valence-corrected chi connectivity index (χ1v) is 9.97. The van der Waals surface area contributed by atoms with Crippen LogP contribution in [-0.4, -0.2) is 6.03 Å². The van der Waals surface area contributed by atoms with Gasteiger partial charge in [0.1, 0.15) is 0 Å².